The molecule has 0 spiro atoms. The fourth-order valence-electron chi connectivity index (χ4n) is 3.89. The lowest BCUT2D eigenvalue weighted by Gasteiger charge is -2.10. The third-order valence-electron chi connectivity index (χ3n) is 5.58. The number of carbonyl (C=O) groups is 1. The highest BCUT2D eigenvalue weighted by atomic mass is 32.2. The van der Waals surface area contributed by atoms with Crippen LogP contribution in [0.5, 0.6) is 0 Å². The summed E-state index contributed by atoms with van der Waals surface area (Å²) in [5.41, 5.74) is 5.69. The molecule has 1 saturated carbocycles. The Hall–Kier alpha value is -2.41. The number of aryl methyl sites for hydroxylation is 3. The summed E-state index contributed by atoms with van der Waals surface area (Å²) >= 11 is 1.37. The van der Waals surface area contributed by atoms with Crippen molar-refractivity contribution in [1.82, 2.24) is 24.9 Å². The third kappa shape index (κ3) is 4.61. The first-order valence-electron chi connectivity index (χ1n) is 10.2. The first-order chi connectivity index (χ1) is 14.0. The lowest BCUT2D eigenvalue weighted by Crippen LogP contribution is -2.33. The maximum Gasteiger partial charge on any atom is 0.253 e. The standard InChI is InChI=1S/C22H27N5OS/c1-14-8-10-17(11-9-14)12-19-15(2)23-21-25-22(26-27(21)16(19)3)29-13-20(28)24-18-6-4-5-7-18/h8-11,18H,4-7,12-13H2,1-3H3,(H,24,28). The number of aromatic nitrogens is 4. The molecule has 1 N–H and O–H groups in total. The molecule has 4 rings (SSSR count). The number of thioether (sulfide) groups is 1. The average Bonchev–Trinajstić information content (AvgIpc) is 3.34. The van der Waals surface area contributed by atoms with E-state index in [0.29, 0.717) is 22.7 Å². The first-order valence-corrected chi connectivity index (χ1v) is 11.2. The van der Waals surface area contributed by atoms with Crippen LogP contribution < -0.4 is 5.32 Å². The van der Waals surface area contributed by atoms with Crippen molar-refractivity contribution < 1.29 is 4.79 Å². The van der Waals surface area contributed by atoms with Crippen molar-refractivity contribution in [2.75, 3.05) is 5.75 Å². The van der Waals surface area contributed by atoms with Gasteiger partial charge in [0.2, 0.25) is 11.1 Å². The smallest absolute Gasteiger partial charge is 0.253 e. The monoisotopic (exact) mass is 409 g/mol. The van der Waals surface area contributed by atoms with Crippen molar-refractivity contribution in [3.8, 4) is 0 Å². The van der Waals surface area contributed by atoms with Crippen LogP contribution >= 0.6 is 11.8 Å². The van der Waals surface area contributed by atoms with E-state index in [1.165, 1.54) is 41.3 Å². The minimum Gasteiger partial charge on any atom is -0.353 e. The minimum absolute atomic E-state index is 0.0571. The van der Waals surface area contributed by atoms with Crippen LogP contribution in [0.3, 0.4) is 0 Å². The van der Waals surface area contributed by atoms with Gasteiger partial charge in [0.1, 0.15) is 0 Å². The number of amides is 1. The van der Waals surface area contributed by atoms with Crippen LogP contribution in [-0.4, -0.2) is 37.3 Å². The predicted molar refractivity (Wildman–Crippen MR) is 115 cm³/mol. The van der Waals surface area contributed by atoms with Gasteiger partial charge in [-0.2, -0.15) is 4.98 Å². The van der Waals surface area contributed by atoms with Gasteiger partial charge in [0.15, 0.2) is 0 Å². The molecule has 2 heterocycles. The molecule has 1 fully saturated rings. The number of carbonyl (C=O) groups excluding carboxylic acids is 1. The zero-order chi connectivity index (χ0) is 20.4. The number of hydrogen-bond donors (Lipinski definition) is 1. The average molecular weight is 410 g/mol. The molecule has 0 atom stereocenters. The summed E-state index contributed by atoms with van der Waals surface area (Å²) in [6.07, 6.45) is 5.42. The summed E-state index contributed by atoms with van der Waals surface area (Å²) in [6, 6.07) is 8.92. The quantitative estimate of drug-likeness (QED) is 0.627. The van der Waals surface area contributed by atoms with Gasteiger partial charge < -0.3 is 5.32 Å². The van der Waals surface area contributed by atoms with Gasteiger partial charge in [-0.3, -0.25) is 4.79 Å². The van der Waals surface area contributed by atoms with Gasteiger partial charge in [0, 0.05) is 23.9 Å². The number of nitrogens with one attached hydrogen (secondary N) is 1. The second kappa shape index (κ2) is 8.53. The zero-order valence-corrected chi connectivity index (χ0v) is 18.1. The second-order valence-corrected chi connectivity index (χ2v) is 8.81. The Balaban J connectivity index is 1.49. The zero-order valence-electron chi connectivity index (χ0n) is 17.2. The number of benzene rings is 1. The molecule has 3 aromatic rings. The topological polar surface area (TPSA) is 72.2 Å². The Morgan fingerprint density at radius 3 is 2.59 bits per heavy atom. The molecule has 2 aromatic heterocycles. The van der Waals surface area contributed by atoms with E-state index in [9.17, 15) is 4.79 Å². The lowest BCUT2D eigenvalue weighted by molar-refractivity contribution is -0.119. The van der Waals surface area contributed by atoms with E-state index in [1.807, 2.05) is 6.92 Å². The fraction of sp³-hybridized carbons (Fsp3) is 0.455. The molecule has 0 radical (unpaired) electrons. The van der Waals surface area contributed by atoms with Crippen molar-refractivity contribution >= 4 is 23.4 Å². The van der Waals surface area contributed by atoms with Gasteiger partial charge in [-0.15, -0.1) is 5.10 Å². The second-order valence-electron chi connectivity index (χ2n) is 7.87. The SMILES string of the molecule is Cc1ccc(Cc2c(C)nc3nc(SCC(=O)NC4CCCC4)nn3c2C)cc1. The molecule has 0 unspecified atom stereocenters. The third-order valence-corrected chi connectivity index (χ3v) is 6.42. The summed E-state index contributed by atoms with van der Waals surface area (Å²) in [5.74, 6) is 0.981. The van der Waals surface area contributed by atoms with Gasteiger partial charge >= 0.3 is 0 Å². The minimum atomic E-state index is 0.0571. The van der Waals surface area contributed by atoms with Crippen LogP contribution in [0.1, 0.15) is 53.8 Å². The Morgan fingerprint density at radius 1 is 1.14 bits per heavy atom. The summed E-state index contributed by atoms with van der Waals surface area (Å²) < 4.78 is 1.80. The Morgan fingerprint density at radius 2 is 1.86 bits per heavy atom. The largest absolute Gasteiger partial charge is 0.353 e. The molecule has 7 heteroatoms. The van der Waals surface area contributed by atoms with E-state index in [1.54, 1.807) is 4.52 Å². The van der Waals surface area contributed by atoms with Crippen LogP contribution in [0.2, 0.25) is 0 Å². The first kappa shape index (κ1) is 19.9. The van der Waals surface area contributed by atoms with Gasteiger partial charge in [0.25, 0.3) is 5.78 Å². The molecule has 29 heavy (non-hydrogen) atoms. The van der Waals surface area contributed by atoms with Crippen molar-refractivity contribution in [2.45, 2.75) is 64.1 Å². The molecule has 152 valence electrons. The van der Waals surface area contributed by atoms with Gasteiger partial charge in [-0.05, 0) is 44.7 Å². The Bertz CT molecular complexity index is 1020. The molecule has 0 saturated heterocycles. The van der Waals surface area contributed by atoms with Crippen LogP contribution in [0.25, 0.3) is 5.78 Å². The molecule has 1 aliphatic rings. The van der Waals surface area contributed by atoms with Crippen molar-refractivity contribution in [3.05, 3.63) is 52.3 Å². The Kier molecular flexibility index (Phi) is 5.85. The molecule has 0 aliphatic heterocycles. The molecule has 6 nitrogen and oxygen atoms in total. The van der Waals surface area contributed by atoms with Gasteiger partial charge in [-0.25, -0.2) is 9.50 Å². The number of hydrogen-bond acceptors (Lipinski definition) is 5. The fourth-order valence-corrected chi connectivity index (χ4v) is 4.52. The highest BCUT2D eigenvalue weighted by Crippen LogP contribution is 2.21. The summed E-state index contributed by atoms with van der Waals surface area (Å²) in [6.45, 7) is 6.17. The van der Waals surface area contributed by atoms with Gasteiger partial charge in [0.05, 0.1) is 5.75 Å². The van der Waals surface area contributed by atoms with E-state index < -0.39 is 0 Å². The van der Waals surface area contributed by atoms with E-state index in [-0.39, 0.29) is 5.91 Å². The number of rotatable bonds is 6. The number of nitrogens with zero attached hydrogens (tertiary/aromatic N) is 4. The normalized spacial score (nSPS) is 14.6. The van der Waals surface area contributed by atoms with E-state index in [2.05, 4.69) is 58.5 Å². The van der Waals surface area contributed by atoms with Crippen molar-refractivity contribution in [3.63, 3.8) is 0 Å². The van der Waals surface area contributed by atoms with E-state index >= 15 is 0 Å². The molecule has 1 aliphatic carbocycles. The van der Waals surface area contributed by atoms with Crippen molar-refractivity contribution in [1.29, 1.82) is 0 Å². The lowest BCUT2D eigenvalue weighted by atomic mass is 10.0. The number of fused-ring (bicyclic) bond motifs is 1. The van der Waals surface area contributed by atoms with Crippen LogP contribution in [0, 0.1) is 20.8 Å². The van der Waals surface area contributed by atoms with Crippen LogP contribution in [0.4, 0.5) is 0 Å². The summed E-state index contributed by atoms with van der Waals surface area (Å²) in [5, 5.41) is 8.30. The molecular formula is C22H27N5OS. The molecule has 0 bridgehead atoms. The predicted octanol–water partition coefficient (Wildman–Crippen LogP) is 3.79. The molecular weight excluding hydrogens is 382 g/mol. The summed E-state index contributed by atoms with van der Waals surface area (Å²) in [7, 11) is 0. The van der Waals surface area contributed by atoms with E-state index in [4.69, 9.17) is 0 Å². The van der Waals surface area contributed by atoms with Crippen molar-refractivity contribution in [2.24, 2.45) is 0 Å². The van der Waals surface area contributed by atoms with Gasteiger partial charge in [-0.1, -0.05) is 54.4 Å². The van der Waals surface area contributed by atoms with E-state index in [0.717, 1.165) is 30.7 Å². The molecule has 1 amide bonds. The summed E-state index contributed by atoms with van der Waals surface area (Å²) in [4.78, 5) is 21.4. The molecule has 1 aromatic carbocycles. The van der Waals surface area contributed by atoms with Crippen LogP contribution in [-0.2, 0) is 11.2 Å². The highest BCUT2D eigenvalue weighted by molar-refractivity contribution is 7.99. The highest BCUT2D eigenvalue weighted by Gasteiger charge is 2.18. The van der Waals surface area contributed by atoms with Crippen LogP contribution in [0.15, 0.2) is 29.4 Å². The Labute approximate surface area is 175 Å². The maximum atomic E-state index is 12.2. The maximum absolute atomic E-state index is 12.2.